The van der Waals surface area contributed by atoms with Gasteiger partial charge in [-0.3, -0.25) is 0 Å². The average Bonchev–Trinajstić information content (AvgIpc) is 2.45. The van der Waals surface area contributed by atoms with Crippen LogP contribution >= 0.6 is 0 Å². The Kier molecular flexibility index (Phi) is 5.85. The third-order valence-electron chi connectivity index (χ3n) is 4.71. The van der Waals surface area contributed by atoms with Crippen LogP contribution in [-0.4, -0.2) is 15.0 Å². The van der Waals surface area contributed by atoms with E-state index in [1.54, 1.807) is 0 Å². The Morgan fingerprint density at radius 2 is 1.80 bits per heavy atom. The van der Waals surface area contributed by atoms with Gasteiger partial charge in [0.15, 0.2) is 0 Å². The van der Waals surface area contributed by atoms with Crippen molar-refractivity contribution in [3.8, 4) is 0 Å². The topological polar surface area (TPSA) is 29.1 Å². The normalized spacial score (nSPS) is 28.2. The second-order valence-electron chi connectivity index (χ2n) is 7.45. The molecule has 0 saturated heterocycles. The molecule has 2 nitrogen and oxygen atoms in total. The molecule has 0 aromatic carbocycles. The molecule has 0 aliphatic heterocycles. The number of hydrogen-bond acceptors (Lipinski definition) is 1. The maximum absolute atomic E-state index is 12.5. The van der Waals surface area contributed by atoms with Crippen LogP contribution in [0.1, 0.15) is 72.1 Å². The van der Waals surface area contributed by atoms with Crippen molar-refractivity contribution in [3.05, 3.63) is 12.2 Å². The minimum absolute atomic E-state index is 0.175. The molecule has 3 heteroatoms. The zero-order chi connectivity index (χ0) is 14.6. The van der Waals surface area contributed by atoms with Crippen LogP contribution in [-0.2, 0) is 11.0 Å². The minimum Gasteiger partial charge on any atom is -0.242 e. The molecule has 0 heterocycles. The van der Waals surface area contributed by atoms with Gasteiger partial charge in [0, 0.05) is 6.04 Å². The molecule has 116 valence electrons. The molecule has 20 heavy (non-hydrogen) atoms. The summed E-state index contributed by atoms with van der Waals surface area (Å²) in [6, 6.07) is 0.409. The van der Waals surface area contributed by atoms with E-state index in [9.17, 15) is 4.21 Å². The molecular weight excluding hydrogens is 266 g/mol. The predicted octanol–water partition coefficient (Wildman–Crippen LogP) is 4.34. The van der Waals surface area contributed by atoms with Crippen LogP contribution in [0.3, 0.4) is 0 Å². The molecular formula is C17H31NOS. The molecule has 1 fully saturated rings. The molecule has 0 amide bonds. The van der Waals surface area contributed by atoms with Crippen molar-refractivity contribution in [1.82, 2.24) is 4.72 Å². The van der Waals surface area contributed by atoms with Crippen molar-refractivity contribution in [2.75, 3.05) is 0 Å². The zero-order valence-corrected chi connectivity index (χ0v) is 14.2. The van der Waals surface area contributed by atoms with E-state index in [2.05, 4.69) is 37.6 Å². The molecule has 1 saturated carbocycles. The van der Waals surface area contributed by atoms with E-state index in [1.165, 1.54) is 51.4 Å². The Morgan fingerprint density at radius 3 is 2.35 bits per heavy atom. The van der Waals surface area contributed by atoms with E-state index in [0.29, 0.717) is 17.9 Å². The lowest BCUT2D eigenvalue weighted by atomic mass is 9.76. The van der Waals surface area contributed by atoms with E-state index >= 15 is 0 Å². The summed E-state index contributed by atoms with van der Waals surface area (Å²) in [5.41, 5.74) is 0. The van der Waals surface area contributed by atoms with E-state index in [0.717, 1.165) is 0 Å². The van der Waals surface area contributed by atoms with Gasteiger partial charge < -0.3 is 0 Å². The number of hydrogen-bond donors (Lipinski definition) is 1. The van der Waals surface area contributed by atoms with Gasteiger partial charge in [-0.25, -0.2) is 8.93 Å². The first-order valence-corrected chi connectivity index (χ1v) is 9.48. The summed E-state index contributed by atoms with van der Waals surface area (Å²) in [6.07, 6.45) is 15.2. The first-order chi connectivity index (χ1) is 9.48. The molecule has 0 spiro atoms. The maximum Gasteiger partial charge on any atom is 0.0973 e. The highest BCUT2D eigenvalue weighted by Crippen LogP contribution is 2.34. The van der Waals surface area contributed by atoms with Crippen LogP contribution in [0.15, 0.2) is 12.2 Å². The standard InChI is InChI=1S/C17H31NOS/c1-17(2,3)20(19)18-16(14-10-6-4-7-11-14)15-12-8-5-9-13-15/h6,10,14-16,18H,4-5,7-9,11-13H2,1-3H3/t14-,16+,20+/m1/s1. The summed E-state index contributed by atoms with van der Waals surface area (Å²) < 4.78 is 15.9. The number of nitrogens with one attached hydrogen (secondary N) is 1. The Labute approximate surface area is 127 Å². The Morgan fingerprint density at radius 1 is 1.10 bits per heavy atom. The predicted molar refractivity (Wildman–Crippen MR) is 87.9 cm³/mol. The highest BCUT2D eigenvalue weighted by Gasteiger charge is 2.33. The van der Waals surface area contributed by atoms with Crippen molar-refractivity contribution in [1.29, 1.82) is 0 Å². The summed E-state index contributed by atoms with van der Waals surface area (Å²) in [5.74, 6) is 1.29. The van der Waals surface area contributed by atoms with E-state index in [1.807, 2.05) is 0 Å². The van der Waals surface area contributed by atoms with Gasteiger partial charge in [0.1, 0.15) is 0 Å². The fourth-order valence-electron chi connectivity index (χ4n) is 3.46. The average molecular weight is 298 g/mol. The van der Waals surface area contributed by atoms with Gasteiger partial charge in [0.2, 0.25) is 0 Å². The van der Waals surface area contributed by atoms with Crippen LogP contribution in [0.4, 0.5) is 0 Å². The van der Waals surface area contributed by atoms with Crippen molar-refractivity contribution >= 4 is 11.0 Å². The largest absolute Gasteiger partial charge is 0.242 e. The van der Waals surface area contributed by atoms with Gasteiger partial charge in [-0.2, -0.15) is 0 Å². The smallest absolute Gasteiger partial charge is 0.0973 e. The molecule has 2 rings (SSSR count). The van der Waals surface area contributed by atoms with E-state index < -0.39 is 11.0 Å². The Hall–Kier alpha value is -0.150. The van der Waals surface area contributed by atoms with Crippen molar-refractivity contribution in [2.45, 2.75) is 82.9 Å². The molecule has 2 aliphatic carbocycles. The highest BCUT2D eigenvalue weighted by molar-refractivity contribution is 7.84. The van der Waals surface area contributed by atoms with Gasteiger partial charge in [-0.05, 0) is 64.7 Å². The fraction of sp³-hybridized carbons (Fsp3) is 0.882. The number of allylic oxidation sites excluding steroid dienone is 1. The first-order valence-electron chi connectivity index (χ1n) is 8.33. The van der Waals surface area contributed by atoms with Crippen LogP contribution in [0.2, 0.25) is 0 Å². The van der Waals surface area contributed by atoms with Crippen LogP contribution in [0.5, 0.6) is 0 Å². The van der Waals surface area contributed by atoms with E-state index in [-0.39, 0.29) is 4.75 Å². The Bertz CT molecular complexity index is 352. The Balaban J connectivity index is 2.08. The summed E-state index contributed by atoms with van der Waals surface area (Å²) in [4.78, 5) is 0. The zero-order valence-electron chi connectivity index (χ0n) is 13.4. The molecule has 0 unspecified atom stereocenters. The molecule has 2 aliphatic rings. The lowest BCUT2D eigenvalue weighted by Crippen LogP contribution is -2.47. The van der Waals surface area contributed by atoms with Gasteiger partial charge in [-0.15, -0.1) is 0 Å². The van der Waals surface area contributed by atoms with Crippen molar-refractivity contribution < 1.29 is 4.21 Å². The molecule has 0 aromatic rings. The molecule has 0 bridgehead atoms. The van der Waals surface area contributed by atoms with Crippen molar-refractivity contribution in [2.24, 2.45) is 11.8 Å². The monoisotopic (exact) mass is 297 g/mol. The first kappa shape index (κ1) is 16.2. The molecule has 0 radical (unpaired) electrons. The van der Waals surface area contributed by atoms with Gasteiger partial charge in [0.25, 0.3) is 0 Å². The van der Waals surface area contributed by atoms with Crippen LogP contribution < -0.4 is 4.72 Å². The van der Waals surface area contributed by atoms with Crippen molar-refractivity contribution in [3.63, 3.8) is 0 Å². The molecule has 3 atom stereocenters. The third-order valence-corrected chi connectivity index (χ3v) is 6.31. The summed E-state index contributed by atoms with van der Waals surface area (Å²) in [7, 11) is -0.955. The summed E-state index contributed by atoms with van der Waals surface area (Å²) in [6.45, 7) is 6.18. The second-order valence-corrected chi connectivity index (χ2v) is 9.44. The maximum atomic E-state index is 12.5. The second kappa shape index (κ2) is 7.22. The lowest BCUT2D eigenvalue weighted by Gasteiger charge is -2.37. The van der Waals surface area contributed by atoms with Gasteiger partial charge in [0.05, 0.1) is 15.7 Å². The minimum atomic E-state index is -0.955. The van der Waals surface area contributed by atoms with E-state index in [4.69, 9.17) is 0 Å². The molecule has 1 N–H and O–H groups in total. The quantitative estimate of drug-likeness (QED) is 0.768. The third kappa shape index (κ3) is 4.42. The lowest BCUT2D eigenvalue weighted by molar-refractivity contribution is 0.241. The van der Waals surface area contributed by atoms with Gasteiger partial charge >= 0.3 is 0 Å². The summed E-state index contributed by atoms with van der Waals surface area (Å²) >= 11 is 0. The fourth-order valence-corrected chi connectivity index (χ4v) is 4.43. The van der Waals surface area contributed by atoms with Crippen LogP contribution in [0.25, 0.3) is 0 Å². The molecule has 0 aromatic heterocycles. The van der Waals surface area contributed by atoms with Gasteiger partial charge in [-0.1, -0.05) is 31.4 Å². The number of rotatable bonds is 4. The summed E-state index contributed by atoms with van der Waals surface area (Å²) in [5, 5.41) is 0. The SMILES string of the molecule is CC(C)(C)[S@](=O)N[C@H](C1CCCCC1)[C@@H]1C=CCCC1. The highest BCUT2D eigenvalue weighted by atomic mass is 32.2. The van der Waals surface area contributed by atoms with Crippen LogP contribution in [0, 0.1) is 11.8 Å².